The third-order valence-corrected chi connectivity index (χ3v) is 6.45. The van der Waals surface area contributed by atoms with Gasteiger partial charge in [0.1, 0.15) is 10.8 Å². The zero-order chi connectivity index (χ0) is 21.0. The number of carbonyl (C=O) groups excluding carboxylic acids is 1. The summed E-state index contributed by atoms with van der Waals surface area (Å²) in [7, 11) is 0. The standard InChI is InChI=1S/C21H18ClF3N4O/c22-18-5-6-19-26-17(11-29(19)27-18)20(30)28-9-13-7-12(8-14(13)10-28)15-3-1-2-4-16(15)21(23,24)25/h1-6,11-14H,7-10H2/t12-,13+,14-. The lowest BCUT2D eigenvalue weighted by Crippen LogP contribution is -2.30. The minimum atomic E-state index is -4.35. The van der Waals surface area contributed by atoms with E-state index in [4.69, 9.17) is 11.6 Å². The number of amides is 1. The third kappa shape index (κ3) is 3.33. The fourth-order valence-corrected chi connectivity index (χ4v) is 5.10. The topological polar surface area (TPSA) is 50.5 Å². The van der Waals surface area contributed by atoms with E-state index in [1.54, 1.807) is 35.4 Å². The lowest BCUT2D eigenvalue weighted by Gasteiger charge is -2.21. The molecule has 5 nitrogen and oxygen atoms in total. The van der Waals surface area contributed by atoms with Crippen LogP contribution in [0, 0.1) is 11.8 Å². The van der Waals surface area contributed by atoms with Crippen molar-refractivity contribution in [1.29, 1.82) is 0 Å². The van der Waals surface area contributed by atoms with Crippen LogP contribution in [0.4, 0.5) is 13.2 Å². The smallest absolute Gasteiger partial charge is 0.337 e. The maximum atomic E-state index is 13.4. The van der Waals surface area contributed by atoms with Crippen molar-refractivity contribution < 1.29 is 18.0 Å². The van der Waals surface area contributed by atoms with Crippen LogP contribution in [0.15, 0.2) is 42.6 Å². The molecule has 3 heterocycles. The molecule has 1 amide bonds. The molecule has 2 aliphatic rings. The van der Waals surface area contributed by atoms with Gasteiger partial charge < -0.3 is 4.90 Å². The Kier molecular flexibility index (Phi) is 4.50. The molecule has 0 radical (unpaired) electrons. The second-order valence-electron chi connectivity index (χ2n) is 8.07. The predicted molar refractivity (Wildman–Crippen MR) is 104 cm³/mol. The Morgan fingerprint density at radius 1 is 1.07 bits per heavy atom. The summed E-state index contributed by atoms with van der Waals surface area (Å²) in [6.07, 6.45) is -1.48. The molecule has 0 spiro atoms. The molecule has 3 atom stereocenters. The monoisotopic (exact) mass is 434 g/mol. The van der Waals surface area contributed by atoms with Crippen molar-refractivity contribution in [1.82, 2.24) is 19.5 Å². The summed E-state index contributed by atoms with van der Waals surface area (Å²) in [5.74, 6) is 0.0876. The van der Waals surface area contributed by atoms with E-state index in [1.165, 1.54) is 10.6 Å². The fourth-order valence-electron chi connectivity index (χ4n) is 4.95. The van der Waals surface area contributed by atoms with Crippen LogP contribution in [0.5, 0.6) is 0 Å². The fraction of sp³-hybridized carbons (Fsp3) is 0.381. The van der Waals surface area contributed by atoms with Gasteiger partial charge in [-0.3, -0.25) is 4.79 Å². The van der Waals surface area contributed by atoms with Gasteiger partial charge in [0.05, 0.1) is 11.8 Å². The van der Waals surface area contributed by atoms with Crippen LogP contribution in [-0.4, -0.2) is 38.5 Å². The molecule has 0 N–H and O–H groups in total. The highest BCUT2D eigenvalue weighted by Crippen LogP contribution is 2.49. The quantitative estimate of drug-likeness (QED) is 0.589. The average molecular weight is 435 g/mol. The van der Waals surface area contributed by atoms with Gasteiger partial charge in [0.25, 0.3) is 5.91 Å². The maximum absolute atomic E-state index is 13.4. The molecule has 2 fully saturated rings. The number of imidazole rings is 1. The zero-order valence-electron chi connectivity index (χ0n) is 15.8. The largest absolute Gasteiger partial charge is 0.416 e. The highest BCUT2D eigenvalue weighted by Gasteiger charge is 2.45. The summed E-state index contributed by atoms with van der Waals surface area (Å²) in [5.41, 5.74) is 0.661. The normalized spacial score (nSPS) is 23.9. The first kappa shape index (κ1) is 19.4. The van der Waals surface area contributed by atoms with Crippen molar-refractivity contribution in [2.45, 2.75) is 24.9 Å². The highest BCUT2D eigenvalue weighted by atomic mass is 35.5. The Morgan fingerprint density at radius 2 is 1.77 bits per heavy atom. The lowest BCUT2D eigenvalue weighted by atomic mass is 9.91. The number of hydrogen-bond donors (Lipinski definition) is 0. The first-order valence-corrected chi connectivity index (χ1v) is 10.1. The molecule has 3 aromatic rings. The number of likely N-dealkylation sites (tertiary alicyclic amines) is 1. The van der Waals surface area contributed by atoms with Gasteiger partial charge in [-0.2, -0.15) is 18.3 Å². The molecular weight excluding hydrogens is 417 g/mol. The van der Waals surface area contributed by atoms with Gasteiger partial charge in [-0.05, 0) is 54.4 Å². The van der Waals surface area contributed by atoms with Crippen LogP contribution in [0.2, 0.25) is 5.15 Å². The van der Waals surface area contributed by atoms with E-state index in [9.17, 15) is 18.0 Å². The maximum Gasteiger partial charge on any atom is 0.416 e. The molecule has 1 aliphatic carbocycles. The van der Waals surface area contributed by atoms with Crippen LogP contribution in [0.1, 0.15) is 40.4 Å². The summed E-state index contributed by atoms with van der Waals surface area (Å²) >= 11 is 5.88. The van der Waals surface area contributed by atoms with Gasteiger partial charge in [-0.15, -0.1) is 0 Å². The molecule has 5 rings (SSSR count). The molecule has 1 saturated heterocycles. The highest BCUT2D eigenvalue weighted by molar-refractivity contribution is 6.29. The summed E-state index contributed by atoms with van der Waals surface area (Å²) in [4.78, 5) is 19.0. The average Bonchev–Trinajstić information content (AvgIpc) is 3.39. The van der Waals surface area contributed by atoms with Crippen LogP contribution in [-0.2, 0) is 6.18 Å². The van der Waals surface area contributed by atoms with Crippen LogP contribution in [0.3, 0.4) is 0 Å². The summed E-state index contributed by atoms with van der Waals surface area (Å²) in [5, 5.41) is 4.40. The van der Waals surface area contributed by atoms with Crippen LogP contribution >= 0.6 is 11.6 Å². The van der Waals surface area contributed by atoms with Gasteiger partial charge in [0, 0.05) is 13.1 Å². The number of nitrogens with zero attached hydrogens (tertiary/aromatic N) is 4. The molecule has 1 aromatic carbocycles. The molecule has 9 heteroatoms. The Morgan fingerprint density at radius 3 is 2.47 bits per heavy atom. The molecular formula is C21H18ClF3N4O. The number of rotatable bonds is 2. The van der Waals surface area contributed by atoms with Gasteiger partial charge >= 0.3 is 6.18 Å². The molecule has 156 valence electrons. The molecule has 0 unspecified atom stereocenters. The van der Waals surface area contributed by atoms with Crippen molar-refractivity contribution in [2.24, 2.45) is 11.8 Å². The molecule has 2 aromatic heterocycles. The minimum Gasteiger partial charge on any atom is -0.337 e. The van der Waals surface area contributed by atoms with E-state index in [0.717, 1.165) is 6.07 Å². The van der Waals surface area contributed by atoms with Gasteiger partial charge in [-0.1, -0.05) is 29.8 Å². The Balaban J connectivity index is 1.31. The lowest BCUT2D eigenvalue weighted by molar-refractivity contribution is -0.138. The van der Waals surface area contributed by atoms with Gasteiger partial charge in [0.15, 0.2) is 5.65 Å². The molecule has 0 bridgehead atoms. The summed E-state index contributed by atoms with van der Waals surface area (Å²) < 4.78 is 41.6. The van der Waals surface area contributed by atoms with Crippen molar-refractivity contribution in [3.8, 4) is 0 Å². The first-order chi connectivity index (χ1) is 14.3. The summed E-state index contributed by atoms with van der Waals surface area (Å²) in [6.45, 7) is 1.08. The Labute approximate surface area is 175 Å². The van der Waals surface area contributed by atoms with E-state index >= 15 is 0 Å². The van der Waals surface area contributed by atoms with Crippen molar-refractivity contribution in [3.05, 3.63) is 64.6 Å². The number of hydrogen-bond acceptors (Lipinski definition) is 3. The third-order valence-electron chi connectivity index (χ3n) is 6.25. The minimum absolute atomic E-state index is 0.128. The second-order valence-corrected chi connectivity index (χ2v) is 8.46. The van der Waals surface area contributed by atoms with Crippen molar-refractivity contribution >= 4 is 23.2 Å². The SMILES string of the molecule is O=C(c1cn2nc(Cl)ccc2n1)N1C[C@H]2C[C@H](c3ccccc3C(F)(F)F)C[C@H]2C1. The van der Waals surface area contributed by atoms with E-state index < -0.39 is 11.7 Å². The molecule has 30 heavy (non-hydrogen) atoms. The first-order valence-electron chi connectivity index (χ1n) is 9.77. The summed E-state index contributed by atoms with van der Waals surface area (Å²) in [6, 6.07) is 9.14. The van der Waals surface area contributed by atoms with E-state index in [-0.39, 0.29) is 23.7 Å². The number of carbonyl (C=O) groups is 1. The number of alkyl halides is 3. The van der Waals surface area contributed by atoms with Crippen LogP contribution in [0.25, 0.3) is 5.65 Å². The van der Waals surface area contributed by atoms with Crippen LogP contribution < -0.4 is 0 Å². The van der Waals surface area contributed by atoms with Gasteiger partial charge in [0.2, 0.25) is 0 Å². The molecule has 1 saturated carbocycles. The number of benzene rings is 1. The van der Waals surface area contributed by atoms with E-state index in [0.29, 0.717) is 48.0 Å². The Hall–Kier alpha value is -2.61. The Bertz CT molecular complexity index is 1110. The predicted octanol–water partition coefficient (Wildman–Crippen LogP) is 4.67. The van der Waals surface area contributed by atoms with Gasteiger partial charge in [-0.25, -0.2) is 9.50 Å². The van der Waals surface area contributed by atoms with E-state index in [2.05, 4.69) is 10.1 Å². The van der Waals surface area contributed by atoms with Crippen molar-refractivity contribution in [2.75, 3.05) is 13.1 Å². The zero-order valence-corrected chi connectivity index (χ0v) is 16.6. The second kappa shape index (κ2) is 6.97. The van der Waals surface area contributed by atoms with E-state index in [1.807, 2.05) is 0 Å². The number of fused-ring (bicyclic) bond motifs is 2. The van der Waals surface area contributed by atoms with Crippen molar-refractivity contribution in [3.63, 3.8) is 0 Å². The molecule has 1 aliphatic heterocycles. The number of halogens is 4. The number of aromatic nitrogens is 3.